The number of carbonyl (C=O) groups is 2. The summed E-state index contributed by atoms with van der Waals surface area (Å²) in [6, 6.07) is 17.2. The zero-order valence-corrected chi connectivity index (χ0v) is 15.5. The highest BCUT2D eigenvalue weighted by Crippen LogP contribution is 2.27. The maximum atomic E-state index is 12.6. The third kappa shape index (κ3) is 5.41. The second-order valence-corrected chi connectivity index (χ2v) is 7.14. The molecule has 2 amide bonds. The summed E-state index contributed by atoms with van der Waals surface area (Å²) in [4.78, 5) is 24.9. The van der Waals surface area contributed by atoms with Gasteiger partial charge in [-0.2, -0.15) is 0 Å². The Labute approximate surface area is 160 Å². The van der Waals surface area contributed by atoms with E-state index in [1.807, 2.05) is 36.4 Å². The highest BCUT2D eigenvalue weighted by Gasteiger charge is 2.26. The van der Waals surface area contributed by atoms with Crippen molar-refractivity contribution in [2.24, 2.45) is 11.7 Å². The Bertz CT molecular complexity index is 776. The van der Waals surface area contributed by atoms with E-state index in [9.17, 15) is 9.59 Å². The largest absolute Gasteiger partial charge is 0.352 e. The predicted octanol–water partition coefficient (Wildman–Crippen LogP) is 3.12. The number of nitrogens with one attached hydrogen (secondary N) is 2. The van der Waals surface area contributed by atoms with Crippen molar-refractivity contribution in [1.82, 2.24) is 5.32 Å². The molecule has 0 aromatic heterocycles. The van der Waals surface area contributed by atoms with Crippen LogP contribution in [0.2, 0.25) is 0 Å². The van der Waals surface area contributed by atoms with Crippen LogP contribution in [-0.2, 0) is 11.2 Å². The van der Waals surface area contributed by atoms with Gasteiger partial charge in [0.15, 0.2) is 0 Å². The second kappa shape index (κ2) is 9.33. The van der Waals surface area contributed by atoms with E-state index >= 15 is 0 Å². The fraction of sp³-hybridized carbons (Fsp3) is 0.364. The van der Waals surface area contributed by atoms with Gasteiger partial charge in [-0.1, -0.05) is 48.9 Å². The molecule has 1 saturated carbocycles. The standard InChI is InChI=1S/C22H27N3O2/c23-19-11-6-9-17(19)15-21(26)25-20-12-5-4-10-18(20)22(27)24-14-13-16-7-2-1-3-8-16/h1-5,7-8,10,12,17,19H,6,9,11,13-15,23H2,(H,24,27)(H,25,26)/t17-,19+/m0/s1. The molecule has 3 rings (SSSR count). The molecule has 0 spiro atoms. The number of rotatable bonds is 7. The lowest BCUT2D eigenvalue weighted by Crippen LogP contribution is -2.29. The summed E-state index contributed by atoms with van der Waals surface area (Å²) in [7, 11) is 0. The number of hydrogen-bond acceptors (Lipinski definition) is 3. The summed E-state index contributed by atoms with van der Waals surface area (Å²) >= 11 is 0. The van der Waals surface area contributed by atoms with Crippen molar-refractivity contribution >= 4 is 17.5 Å². The summed E-state index contributed by atoms with van der Waals surface area (Å²) in [6.07, 6.45) is 4.24. The lowest BCUT2D eigenvalue weighted by molar-refractivity contribution is -0.117. The van der Waals surface area contributed by atoms with E-state index in [-0.39, 0.29) is 23.8 Å². The van der Waals surface area contributed by atoms with Gasteiger partial charge >= 0.3 is 0 Å². The maximum absolute atomic E-state index is 12.6. The zero-order chi connectivity index (χ0) is 19.1. The molecule has 27 heavy (non-hydrogen) atoms. The van der Waals surface area contributed by atoms with Crippen molar-refractivity contribution in [3.63, 3.8) is 0 Å². The molecule has 0 heterocycles. The van der Waals surface area contributed by atoms with Crippen molar-refractivity contribution in [2.45, 2.75) is 38.1 Å². The molecule has 0 saturated heterocycles. The smallest absolute Gasteiger partial charge is 0.253 e. The normalized spacial score (nSPS) is 18.9. The van der Waals surface area contributed by atoms with Crippen molar-refractivity contribution in [2.75, 3.05) is 11.9 Å². The van der Waals surface area contributed by atoms with Gasteiger partial charge in [-0.15, -0.1) is 0 Å². The number of para-hydroxylation sites is 1. The highest BCUT2D eigenvalue weighted by atomic mass is 16.2. The summed E-state index contributed by atoms with van der Waals surface area (Å²) < 4.78 is 0. The average Bonchev–Trinajstić information content (AvgIpc) is 3.07. The number of carbonyl (C=O) groups excluding carboxylic acids is 2. The first-order valence-electron chi connectivity index (χ1n) is 9.60. The molecule has 0 unspecified atom stereocenters. The molecule has 0 aliphatic heterocycles. The van der Waals surface area contributed by atoms with Crippen molar-refractivity contribution < 1.29 is 9.59 Å². The van der Waals surface area contributed by atoms with Gasteiger partial charge < -0.3 is 16.4 Å². The number of hydrogen-bond donors (Lipinski definition) is 3. The van der Waals surface area contributed by atoms with Gasteiger partial charge in [0.1, 0.15) is 0 Å². The molecule has 5 heteroatoms. The Morgan fingerprint density at radius 2 is 1.74 bits per heavy atom. The number of benzene rings is 2. The summed E-state index contributed by atoms with van der Waals surface area (Å²) in [5.74, 6) is -0.0295. The highest BCUT2D eigenvalue weighted by molar-refractivity contribution is 6.03. The topological polar surface area (TPSA) is 84.2 Å². The number of nitrogens with two attached hydrogens (primary N) is 1. The van der Waals surface area contributed by atoms with Gasteiger partial charge in [0, 0.05) is 19.0 Å². The van der Waals surface area contributed by atoms with Gasteiger partial charge in [0.2, 0.25) is 5.91 Å². The molecule has 2 aromatic rings. The Hall–Kier alpha value is -2.66. The Kier molecular flexibility index (Phi) is 6.60. The molecule has 142 valence electrons. The zero-order valence-electron chi connectivity index (χ0n) is 15.5. The van der Waals surface area contributed by atoms with Crippen LogP contribution in [0.5, 0.6) is 0 Å². The molecule has 0 bridgehead atoms. The van der Waals surface area contributed by atoms with Crippen LogP contribution in [0.4, 0.5) is 5.69 Å². The quantitative estimate of drug-likeness (QED) is 0.705. The first-order valence-corrected chi connectivity index (χ1v) is 9.60. The summed E-state index contributed by atoms with van der Waals surface area (Å²) in [6.45, 7) is 0.544. The molecule has 4 N–H and O–H groups in total. The number of anilines is 1. The minimum atomic E-state index is -0.181. The first kappa shape index (κ1) is 19.1. The van der Waals surface area contributed by atoms with E-state index < -0.39 is 0 Å². The summed E-state index contributed by atoms with van der Waals surface area (Å²) in [5.41, 5.74) is 8.26. The third-order valence-electron chi connectivity index (χ3n) is 5.15. The molecular formula is C22H27N3O2. The molecule has 1 aliphatic carbocycles. The summed E-state index contributed by atoms with van der Waals surface area (Å²) in [5, 5.41) is 5.82. The van der Waals surface area contributed by atoms with Crippen LogP contribution in [0.25, 0.3) is 0 Å². The van der Waals surface area contributed by atoms with E-state index in [0.29, 0.717) is 24.2 Å². The fourth-order valence-electron chi connectivity index (χ4n) is 3.61. The molecular weight excluding hydrogens is 338 g/mol. The fourth-order valence-corrected chi connectivity index (χ4v) is 3.61. The van der Waals surface area contributed by atoms with E-state index in [4.69, 9.17) is 5.73 Å². The first-order chi connectivity index (χ1) is 13.1. The molecule has 1 aliphatic rings. The maximum Gasteiger partial charge on any atom is 0.253 e. The van der Waals surface area contributed by atoms with Gasteiger partial charge in [0.25, 0.3) is 5.91 Å². The lowest BCUT2D eigenvalue weighted by atomic mass is 9.99. The molecule has 0 radical (unpaired) electrons. The molecule has 1 fully saturated rings. The second-order valence-electron chi connectivity index (χ2n) is 7.14. The average molecular weight is 365 g/mol. The molecule has 2 atom stereocenters. The predicted molar refractivity (Wildman–Crippen MR) is 107 cm³/mol. The van der Waals surface area contributed by atoms with Crippen LogP contribution in [0.15, 0.2) is 54.6 Å². The van der Waals surface area contributed by atoms with Gasteiger partial charge in [0.05, 0.1) is 11.3 Å². The lowest BCUT2D eigenvalue weighted by Gasteiger charge is -2.16. The number of amides is 2. The third-order valence-corrected chi connectivity index (χ3v) is 5.15. The van der Waals surface area contributed by atoms with Crippen molar-refractivity contribution in [3.8, 4) is 0 Å². The van der Waals surface area contributed by atoms with E-state index in [1.54, 1.807) is 18.2 Å². The van der Waals surface area contributed by atoms with E-state index in [2.05, 4.69) is 10.6 Å². The van der Waals surface area contributed by atoms with Gasteiger partial charge in [-0.3, -0.25) is 9.59 Å². The molecule has 5 nitrogen and oxygen atoms in total. The SMILES string of the molecule is N[C@@H]1CCC[C@H]1CC(=O)Nc1ccccc1C(=O)NCCc1ccccc1. The van der Waals surface area contributed by atoms with E-state index in [1.165, 1.54) is 5.56 Å². The Morgan fingerprint density at radius 1 is 1.00 bits per heavy atom. The monoisotopic (exact) mass is 365 g/mol. The van der Waals surface area contributed by atoms with Crippen LogP contribution < -0.4 is 16.4 Å². The van der Waals surface area contributed by atoms with Crippen LogP contribution in [0.1, 0.15) is 41.6 Å². The molecule has 2 aromatic carbocycles. The van der Waals surface area contributed by atoms with Crippen LogP contribution in [0.3, 0.4) is 0 Å². The van der Waals surface area contributed by atoms with Crippen molar-refractivity contribution in [3.05, 3.63) is 65.7 Å². The Balaban J connectivity index is 1.56. The van der Waals surface area contributed by atoms with Crippen LogP contribution in [-0.4, -0.2) is 24.4 Å². The minimum Gasteiger partial charge on any atom is -0.352 e. The van der Waals surface area contributed by atoms with Gasteiger partial charge in [-0.25, -0.2) is 0 Å². The van der Waals surface area contributed by atoms with Gasteiger partial charge in [-0.05, 0) is 42.9 Å². The van der Waals surface area contributed by atoms with E-state index in [0.717, 1.165) is 25.7 Å². The van der Waals surface area contributed by atoms with Crippen LogP contribution in [0, 0.1) is 5.92 Å². The van der Waals surface area contributed by atoms with Crippen LogP contribution >= 0.6 is 0 Å². The Morgan fingerprint density at radius 3 is 2.48 bits per heavy atom. The van der Waals surface area contributed by atoms with Crippen molar-refractivity contribution in [1.29, 1.82) is 0 Å². The minimum absolute atomic E-state index is 0.0816.